The van der Waals surface area contributed by atoms with Crippen LogP contribution in [0.2, 0.25) is 0 Å². The second-order valence-electron chi connectivity index (χ2n) is 9.27. The summed E-state index contributed by atoms with van der Waals surface area (Å²) in [6.07, 6.45) is 5.60. The van der Waals surface area contributed by atoms with Crippen molar-refractivity contribution < 1.29 is 33.7 Å². The largest absolute Gasteiger partial charge is 0.479 e. The summed E-state index contributed by atoms with van der Waals surface area (Å²) in [5.41, 5.74) is -1.40. The van der Waals surface area contributed by atoms with E-state index >= 15 is 0 Å². The molecule has 0 saturated carbocycles. The Morgan fingerprint density at radius 3 is 1.75 bits per heavy atom. The highest BCUT2D eigenvalue weighted by Crippen LogP contribution is 2.22. The summed E-state index contributed by atoms with van der Waals surface area (Å²) in [4.78, 5) is 37.2. The first-order chi connectivity index (χ1) is 15.0. The van der Waals surface area contributed by atoms with Gasteiger partial charge >= 0.3 is 11.9 Å². The molecule has 3 unspecified atom stereocenters. The van der Waals surface area contributed by atoms with Crippen LogP contribution in [0.4, 0.5) is 0 Å². The number of hydrogen-bond donors (Lipinski definition) is 1. The normalized spacial score (nSPS) is 14.8. The van der Waals surface area contributed by atoms with Crippen molar-refractivity contribution in [2.24, 2.45) is 0 Å². The molecule has 7 heteroatoms. The molecular formula is C25H46O7. The number of carboxylic acids is 1. The highest BCUT2D eigenvalue weighted by Gasteiger charge is 2.39. The Morgan fingerprint density at radius 1 is 0.812 bits per heavy atom. The quantitative estimate of drug-likeness (QED) is 0.202. The van der Waals surface area contributed by atoms with Gasteiger partial charge in [0.05, 0.1) is 6.10 Å². The lowest BCUT2D eigenvalue weighted by Gasteiger charge is -2.30. The van der Waals surface area contributed by atoms with Gasteiger partial charge in [-0.1, -0.05) is 65.2 Å². The maximum atomic E-state index is 12.9. The number of hydrogen-bond acceptors (Lipinski definition) is 6. The van der Waals surface area contributed by atoms with E-state index in [1.807, 2.05) is 13.8 Å². The molecule has 0 aromatic rings. The van der Waals surface area contributed by atoms with Crippen molar-refractivity contribution in [2.45, 2.75) is 143 Å². The third-order valence-electron chi connectivity index (χ3n) is 5.31. The number of carbonyl (C=O) groups is 3. The molecule has 0 saturated heterocycles. The monoisotopic (exact) mass is 458 g/mol. The Hall–Kier alpha value is -1.47. The van der Waals surface area contributed by atoms with Gasteiger partial charge in [0.2, 0.25) is 5.78 Å². The highest BCUT2D eigenvalue weighted by atomic mass is 16.6. The van der Waals surface area contributed by atoms with Crippen LogP contribution in [0, 0.1) is 0 Å². The van der Waals surface area contributed by atoms with Crippen LogP contribution in [0.15, 0.2) is 0 Å². The lowest BCUT2D eigenvalue weighted by molar-refractivity contribution is -0.180. The molecule has 0 fully saturated rings. The lowest BCUT2D eigenvalue weighted by Crippen LogP contribution is -2.47. The molecule has 0 bridgehead atoms. The van der Waals surface area contributed by atoms with Crippen molar-refractivity contribution in [1.29, 1.82) is 0 Å². The molecule has 0 aromatic heterocycles. The van der Waals surface area contributed by atoms with Gasteiger partial charge in [0, 0.05) is 0 Å². The smallest absolute Gasteiger partial charge is 0.335 e. The van der Waals surface area contributed by atoms with Crippen LogP contribution in [-0.2, 0) is 28.6 Å². The van der Waals surface area contributed by atoms with Gasteiger partial charge in [0.1, 0.15) is 5.60 Å². The van der Waals surface area contributed by atoms with Crippen LogP contribution in [0.3, 0.4) is 0 Å². The van der Waals surface area contributed by atoms with Crippen molar-refractivity contribution in [3.05, 3.63) is 0 Å². The van der Waals surface area contributed by atoms with Gasteiger partial charge in [-0.3, -0.25) is 4.79 Å². The Balaban J connectivity index is 4.99. The zero-order valence-corrected chi connectivity index (χ0v) is 21.3. The average Bonchev–Trinajstić information content (AvgIpc) is 2.71. The number of ether oxygens (including phenoxy) is 3. The minimum absolute atomic E-state index is 0.145. The van der Waals surface area contributed by atoms with Crippen LogP contribution >= 0.6 is 0 Å². The van der Waals surface area contributed by atoms with E-state index < -0.39 is 41.6 Å². The lowest BCUT2D eigenvalue weighted by atomic mass is 9.98. The van der Waals surface area contributed by atoms with Gasteiger partial charge < -0.3 is 19.3 Å². The van der Waals surface area contributed by atoms with E-state index in [0.29, 0.717) is 19.3 Å². The van der Waals surface area contributed by atoms with Crippen LogP contribution in [0.1, 0.15) is 113 Å². The maximum absolute atomic E-state index is 12.9. The van der Waals surface area contributed by atoms with Crippen LogP contribution in [0.5, 0.6) is 0 Å². The summed E-state index contributed by atoms with van der Waals surface area (Å²) in [5.74, 6) is -2.13. The molecule has 0 aliphatic heterocycles. The van der Waals surface area contributed by atoms with Gasteiger partial charge in [-0.15, -0.1) is 0 Å². The van der Waals surface area contributed by atoms with E-state index in [9.17, 15) is 19.5 Å². The molecule has 0 aliphatic carbocycles. The number of aliphatic carboxylic acids is 1. The number of rotatable bonds is 19. The summed E-state index contributed by atoms with van der Waals surface area (Å²) in [6.45, 7) is 12.4. The van der Waals surface area contributed by atoms with E-state index in [0.717, 1.165) is 44.9 Å². The number of Topliss-reactive ketones (excluding diaryl/α,β-unsaturated/α-hetero) is 1. The Kier molecular flexibility index (Phi) is 15.4. The molecule has 0 radical (unpaired) electrons. The second kappa shape index (κ2) is 16.2. The fourth-order valence-corrected chi connectivity index (χ4v) is 3.52. The van der Waals surface area contributed by atoms with Gasteiger partial charge in [-0.05, 0) is 47.5 Å². The van der Waals surface area contributed by atoms with Crippen LogP contribution < -0.4 is 0 Å². The average molecular weight is 459 g/mol. The van der Waals surface area contributed by atoms with Crippen molar-refractivity contribution in [2.75, 3.05) is 0 Å². The number of carbonyl (C=O) groups excluding carboxylic acids is 2. The minimum atomic E-state index is -1.40. The molecule has 32 heavy (non-hydrogen) atoms. The van der Waals surface area contributed by atoms with Crippen LogP contribution in [0.25, 0.3) is 0 Å². The summed E-state index contributed by atoms with van der Waals surface area (Å²) in [7, 11) is 0. The third-order valence-corrected chi connectivity index (χ3v) is 5.31. The minimum Gasteiger partial charge on any atom is -0.479 e. The first-order valence-electron chi connectivity index (χ1n) is 12.3. The second-order valence-corrected chi connectivity index (χ2v) is 9.27. The molecule has 3 atom stereocenters. The van der Waals surface area contributed by atoms with E-state index in [4.69, 9.17) is 14.2 Å². The maximum Gasteiger partial charge on any atom is 0.335 e. The third kappa shape index (κ3) is 12.5. The van der Waals surface area contributed by atoms with Gasteiger partial charge in [0.15, 0.2) is 18.3 Å². The number of unbranched alkanes of at least 4 members (excludes halogenated alkanes) is 6. The molecule has 0 amide bonds. The van der Waals surface area contributed by atoms with E-state index in [-0.39, 0.29) is 6.10 Å². The molecule has 0 rings (SSSR count). The molecular weight excluding hydrogens is 412 g/mol. The molecule has 0 heterocycles. The van der Waals surface area contributed by atoms with Crippen molar-refractivity contribution >= 4 is 17.7 Å². The molecule has 0 spiro atoms. The van der Waals surface area contributed by atoms with E-state index in [1.165, 1.54) is 20.8 Å². The fourth-order valence-electron chi connectivity index (χ4n) is 3.52. The SMILES string of the molecule is CCCCCCC(OC(C)(C)C(=O)C(C)OC(=O)C(CCCCCC)OC(C)C)C(=O)O. The van der Waals surface area contributed by atoms with Gasteiger partial charge in [-0.2, -0.15) is 0 Å². The summed E-state index contributed by atoms with van der Waals surface area (Å²) in [5, 5.41) is 9.50. The molecule has 7 nitrogen and oxygen atoms in total. The van der Waals surface area contributed by atoms with Gasteiger partial charge in [0.25, 0.3) is 0 Å². The standard InChI is InChI=1S/C25H46O7/c1-8-10-12-14-16-20(23(27)28)32-25(6,7)22(26)19(5)31-24(29)21(30-18(3)4)17-15-13-11-9-2/h18-21H,8-17H2,1-7H3,(H,27,28). The zero-order valence-electron chi connectivity index (χ0n) is 21.3. The topological polar surface area (TPSA) is 99.1 Å². The summed E-state index contributed by atoms with van der Waals surface area (Å²) >= 11 is 0. The Labute approximate surface area is 194 Å². The number of esters is 1. The van der Waals surface area contributed by atoms with Crippen molar-refractivity contribution in [3.8, 4) is 0 Å². The Morgan fingerprint density at radius 2 is 1.31 bits per heavy atom. The molecule has 0 aliphatic rings. The fraction of sp³-hybridized carbons (Fsp3) is 0.880. The molecule has 1 N–H and O–H groups in total. The summed E-state index contributed by atoms with van der Waals surface area (Å²) < 4.78 is 16.8. The van der Waals surface area contributed by atoms with E-state index in [2.05, 4.69) is 13.8 Å². The van der Waals surface area contributed by atoms with Crippen molar-refractivity contribution in [3.63, 3.8) is 0 Å². The summed E-state index contributed by atoms with van der Waals surface area (Å²) in [6, 6.07) is 0. The zero-order chi connectivity index (χ0) is 24.7. The molecule has 0 aromatic carbocycles. The highest BCUT2D eigenvalue weighted by molar-refractivity contribution is 5.92. The predicted molar refractivity (Wildman–Crippen MR) is 125 cm³/mol. The van der Waals surface area contributed by atoms with E-state index in [1.54, 1.807) is 0 Å². The first-order valence-corrected chi connectivity index (χ1v) is 12.3. The van der Waals surface area contributed by atoms with Crippen molar-refractivity contribution in [1.82, 2.24) is 0 Å². The van der Waals surface area contributed by atoms with Crippen LogP contribution in [-0.4, -0.2) is 52.8 Å². The van der Waals surface area contributed by atoms with Gasteiger partial charge in [-0.25, -0.2) is 9.59 Å². The molecule has 188 valence electrons. The number of ketones is 1. The first kappa shape index (κ1) is 30.5. The number of carboxylic acid groups (broad SMARTS) is 1. The predicted octanol–water partition coefficient (Wildman–Crippen LogP) is 5.47. The Bertz CT molecular complexity index is 556.